The van der Waals surface area contributed by atoms with E-state index >= 15 is 0 Å². The lowest BCUT2D eigenvalue weighted by Crippen LogP contribution is -2.30. The van der Waals surface area contributed by atoms with Crippen LogP contribution in [0.2, 0.25) is 0 Å². The third-order valence-corrected chi connectivity index (χ3v) is 12.6. The molecule has 0 aliphatic carbocycles. The van der Waals surface area contributed by atoms with Gasteiger partial charge in [0.15, 0.2) is 6.10 Å². The number of unbranched alkanes of at least 4 members (excludes halogenated alkanes) is 26. The molecule has 6 heteroatoms. The molecule has 0 aromatic heterocycles. The molecule has 71 heavy (non-hydrogen) atoms. The van der Waals surface area contributed by atoms with Gasteiger partial charge < -0.3 is 14.2 Å². The average molecular weight is 988 g/mol. The molecule has 0 amide bonds. The molecular formula is C65H110O6. The van der Waals surface area contributed by atoms with E-state index in [1.807, 2.05) is 0 Å². The number of carbonyl (C=O) groups excluding carboxylic acids is 3. The molecule has 0 bridgehead atoms. The van der Waals surface area contributed by atoms with Gasteiger partial charge in [0.2, 0.25) is 0 Å². The predicted molar refractivity (Wildman–Crippen MR) is 307 cm³/mol. The Kier molecular flexibility index (Phi) is 55.9. The number of hydrogen-bond acceptors (Lipinski definition) is 6. The summed E-state index contributed by atoms with van der Waals surface area (Å²) in [6.07, 6.45) is 78.5. The van der Waals surface area contributed by atoms with Gasteiger partial charge in [-0.15, -0.1) is 0 Å². The summed E-state index contributed by atoms with van der Waals surface area (Å²) in [4.78, 5) is 38.0. The minimum absolute atomic E-state index is 0.0824. The van der Waals surface area contributed by atoms with Crippen molar-refractivity contribution in [2.45, 2.75) is 284 Å². The van der Waals surface area contributed by atoms with Gasteiger partial charge in [-0.3, -0.25) is 14.4 Å². The second-order valence-electron chi connectivity index (χ2n) is 19.5. The van der Waals surface area contributed by atoms with Gasteiger partial charge in [-0.25, -0.2) is 0 Å². The lowest BCUT2D eigenvalue weighted by Gasteiger charge is -2.18. The van der Waals surface area contributed by atoms with Crippen molar-refractivity contribution >= 4 is 17.9 Å². The zero-order valence-electron chi connectivity index (χ0n) is 46.5. The highest BCUT2D eigenvalue weighted by Gasteiger charge is 2.19. The Morgan fingerprint density at radius 1 is 0.296 bits per heavy atom. The fourth-order valence-corrected chi connectivity index (χ4v) is 8.19. The van der Waals surface area contributed by atoms with E-state index in [2.05, 4.69) is 118 Å². The molecule has 0 saturated heterocycles. The Morgan fingerprint density at radius 2 is 0.549 bits per heavy atom. The van der Waals surface area contributed by atoms with E-state index in [0.717, 1.165) is 128 Å². The highest BCUT2D eigenvalue weighted by Crippen LogP contribution is 2.16. The molecule has 0 saturated carbocycles. The summed E-state index contributed by atoms with van der Waals surface area (Å²) in [7, 11) is 0. The van der Waals surface area contributed by atoms with E-state index in [1.54, 1.807) is 0 Å². The third kappa shape index (κ3) is 57.1. The lowest BCUT2D eigenvalue weighted by atomic mass is 10.0. The zero-order chi connectivity index (χ0) is 51.4. The third-order valence-electron chi connectivity index (χ3n) is 12.6. The highest BCUT2D eigenvalue weighted by molar-refractivity contribution is 5.71. The molecule has 0 aliphatic heterocycles. The molecule has 0 aromatic carbocycles. The minimum Gasteiger partial charge on any atom is -0.462 e. The summed E-state index contributed by atoms with van der Waals surface area (Å²) in [5, 5.41) is 0. The number of rotatable bonds is 53. The molecule has 0 aliphatic rings. The van der Waals surface area contributed by atoms with Crippen LogP contribution in [0.3, 0.4) is 0 Å². The first-order valence-electron chi connectivity index (χ1n) is 29.7. The second-order valence-corrected chi connectivity index (χ2v) is 19.5. The van der Waals surface area contributed by atoms with Gasteiger partial charge in [0.05, 0.1) is 0 Å². The molecule has 0 aromatic rings. The first-order chi connectivity index (χ1) is 35.0. The normalized spacial score (nSPS) is 12.8. The van der Waals surface area contributed by atoms with E-state index in [0.29, 0.717) is 19.3 Å². The van der Waals surface area contributed by atoms with Crippen molar-refractivity contribution in [3.05, 3.63) is 97.2 Å². The van der Waals surface area contributed by atoms with E-state index < -0.39 is 6.10 Å². The molecule has 406 valence electrons. The molecule has 0 rings (SSSR count). The van der Waals surface area contributed by atoms with Gasteiger partial charge in [0, 0.05) is 19.3 Å². The minimum atomic E-state index is -0.784. The monoisotopic (exact) mass is 987 g/mol. The summed E-state index contributed by atoms with van der Waals surface area (Å²) in [5.41, 5.74) is 0. The van der Waals surface area contributed by atoms with Crippen LogP contribution in [-0.2, 0) is 28.6 Å². The standard InChI is InChI=1S/C65H110O6/c1-4-7-10-13-16-19-21-23-25-26-27-28-29-30-31-32-33-34-35-36-37-38-40-41-43-46-49-52-55-58-64(67)70-61-62(60-69-63(66)57-54-51-48-45-18-15-12-9-6-3)71-65(68)59-56-53-50-47-44-42-39-24-22-20-17-14-11-8-5-2/h7-8,10-11,16-17,19-20,23-25,27-28,30-31,39,62H,4-6,9,12-15,18,21-22,26,29,32-38,40-61H2,1-3H3/b10-7-,11-8-,19-16-,20-17-,25-23-,28-27-,31-30-,39-24-. The maximum atomic E-state index is 12.8. The molecule has 0 spiro atoms. The van der Waals surface area contributed by atoms with Crippen molar-refractivity contribution in [1.29, 1.82) is 0 Å². The summed E-state index contributed by atoms with van der Waals surface area (Å²) < 4.78 is 16.8. The van der Waals surface area contributed by atoms with E-state index in [1.165, 1.54) is 109 Å². The van der Waals surface area contributed by atoms with Crippen molar-refractivity contribution in [1.82, 2.24) is 0 Å². The SMILES string of the molecule is CC/C=C\C/C=C\C/C=C\C/C=C\C/C=C\CCCCCCCCCCCCCCCC(=O)OCC(COC(=O)CCCCCCCCCCC)OC(=O)CCCCCCC/C=C\C/C=C\C/C=C\CC. The topological polar surface area (TPSA) is 78.9 Å². The van der Waals surface area contributed by atoms with Crippen LogP contribution in [0.5, 0.6) is 0 Å². The van der Waals surface area contributed by atoms with Crippen LogP contribution in [0.25, 0.3) is 0 Å². The molecular weight excluding hydrogens is 877 g/mol. The first-order valence-corrected chi connectivity index (χ1v) is 29.7. The molecule has 0 fully saturated rings. The van der Waals surface area contributed by atoms with Crippen LogP contribution >= 0.6 is 0 Å². The van der Waals surface area contributed by atoms with Crippen LogP contribution in [0, 0.1) is 0 Å². The zero-order valence-corrected chi connectivity index (χ0v) is 46.5. The molecule has 6 nitrogen and oxygen atoms in total. The van der Waals surface area contributed by atoms with Gasteiger partial charge in [-0.05, 0) is 96.3 Å². The maximum Gasteiger partial charge on any atom is 0.306 e. The fraction of sp³-hybridized carbons (Fsp3) is 0.708. The van der Waals surface area contributed by atoms with E-state index in [4.69, 9.17) is 14.2 Å². The van der Waals surface area contributed by atoms with E-state index in [9.17, 15) is 14.4 Å². The lowest BCUT2D eigenvalue weighted by molar-refractivity contribution is -0.167. The summed E-state index contributed by atoms with van der Waals surface area (Å²) in [5.74, 6) is -0.899. The fourth-order valence-electron chi connectivity index (χ4n) is 8.19. The quantitative estimate of drug-likeness (QED) is 0.0261. The van der Waals surface area contributed by atoms with Crippen molar-refractivity contribution in [3.8, 4) is 0 Å². The van der Waals surface area contributed by atoms with Gasteiger partial charge in [0.1, 0.15) is 13.2 Å². The van der Waals surface area contributed by atoms with Gasteiger partial charge >= 0.3 is 17.9 Å². The van der Waals surface area contributed by atoms with Crippen molar-refractivity contribution in [2.24, 2.45) is 0 Å². The number of carbonyl (C=O) groups is 3. The largest absolute Gasteiger partial charge is 0.462 e. The average Bonchev–Trinajstić information content (AvgIpc) is 3.37. The number of hydrogen-bond donors (Lipinski definition) is 0. The molecule has 0 heterocycles. The Morgan fingerprint density at radius 3 is 0.859 bits per heavy atom. The van der Waals surface area contributed by atoms with Crippen LogP contribution in [-0.4, -0.2) is 37.2 Å². The molecule has 0 radical (unpaired) electrons. The van der Waals surface area contributed by atoms with Crippen LogP contribution in [0.15, 0.2) is 97.2 Å². The second kappa shape index (κ2) is 58.9. The van der Waals surface area contributed by atoms with Crippen molar-refractivity contribution in [2.75, 3.05) is 13.2 Å². The van der Waals surface area contributed by atoms with E-state index in [-0.39, 0.29) is 31.1 Å². The Balaban J connectivity index is 4.17. The highest BCUT2D eigenvalue weighted by atomic mass is 16.6. The number of esters is 3. The van der Waals surface area contributed by atoms with Crippen LogP contribution in [0.1, 0.15) is 278 Å². The van der Waals surface area contributed by atoms with Crippen molar-refractivity contribution < 1.29 is 28.6 Å². The molecule has 0 N–H and O–H groups in total. The van der Waals surface area contributed by atoms with Crippen LogP contribution < -0.4 is 0 Å². The number of allylic oxidation sites excluding steroid dienone is 16. The Labute approximate surface area is 438 Å². The molecule has 1 unspecified atom stereocenters. The van der Waals surface area contributed by atoms with Gasteiger partial charge in [-0.2, -0.15) is 0 Å². The molecule has 1 atom stereocenters. The summed E-state index contributed by atoms with van der Waals surface area (Å²) >= 11 is 0. The summed E-state index contributed by atoms with van der Waals surface area (Å²) in [6.45, 7) is 6.39. The Hall–Kier alpha value is -3.67. The maximum absolute atomic E-state index is 12.8. The smallest absolute Gasteiger partial charge is 0.306 e. The van der Waals surface area contributed by atoms with Crippen molar-refractivity contribution in [3.63, 3.8) is 0 Å². The van der Waals surface area contributed by atoms with Gasteiger partial charge in [0.25, 0.3) is 0 Å². The first kappa shape index (κ1) is 67.3. The van der Waals surface area contributed by atoms with Crippen LogP contribution in [0.4, 0.5) is 0 Å². The predicted octanol–water partition coefficient (Wildman–Crippen LogP) is 20.1. The number of ether oxygens (including phenoxy) is 3. The summed E-state index contributed by atoms with van der Waals surface area (Å²) in [6, 6.07) is 0. The Bertz CT molecular complexity index is 1410. The van der Waals surface area contributed by atoms with Gasteiger partial charge in [-0.1, -0.05) is 259 Å².